The van der Waals surface area contributed by atoms with Crippen molar-refractivity contribution in [3.05, 3.63) is 71.2 Å². The van der Waals surface area contributed by atoms with Gasteiger partial charge in [-0.1, -0.05) is 18.2 Å². The first-order valence-electron chi connectivity index (χ1n) is 10.9. The standard InChI is InChI=1S/C24H24N6O3/c1-15-17-12-21(31)30(14-16-6-3-4-8-20(16)33-2)23(17)28-22(27-15)19-7-5-11-29(19)24(32)18-13-25-9-10-26-18/h3-4,6,8-10,13,19H,5,7,11-12,14H2,1-2H3/t19-/m1/s1. The average molecular weight is 444 g/mol. The van der Waals surface area contributed by atoms with Crippen molar-refractivity contribution < 1.29 is 14.3 Å². The molecule has 2 amide bonds. The number of hydrogen-bond acceptors (Lipinski definition) is 7. The van der Waals surface area contributed by atoms with Gasteiger partial charge in [0.2, 0.25) is 5.91 Å². The maximum Gasteiger partial charge on any atom is 0.274 e. The summed E-state index contributed by atoms with van der Waals surface area (Å²) >= 11 is 0. The number of hydrogen-bond donors (Lipinski definition) is 0. The third kappa shape index (κ3) is 3.79. The van der Waals surface area contributed by atoms with Crippen molar-refractivity contribution in [3.63, 3.8) is 0 Å². The molecule has 5 rings (SSSR count). The fraction of sp³-hybridized carbons (Fsp3) is 0.333. The molecule has 0 bridgehead atoms. The zero-order valence-corrected chi connectivity index (χ0v) is 18.6. The van der Waals surface area contributed by atoms with Gasteiger partial charge in [-0.15, -0.1) is 0 Å². The number of methoxy groups -OCH3 is 1. The molecule has 0 aliphatic carbocycles. The Morgan fingerprint density at radius 2 is 2.06 bits per heavy atom. The summed E-state index contributed by atoms with van der Waals surface area (Å²) in [5.41, 5.74) is 2.81. The number of anilines is 1. The number of carbonyl (C=O) groups excluding carboxylic acids is 2. The van der Waals surface area contributed by atoms with Crippen molar-refractivity contribution in [2.24, 2.45) is 0 Å². The molecule has 0 radical (unpaired) electrons. The van der Waals surface area contributed by atoms with Crippen LogP contribution in [0.5, 0.6) is 5.75 Å². The van der Waals surface area contributed by atoms with E-state index in [2.05, 4.69) is 9.97 Å². The van der Waals surface area contributed by atoms with E-state index in [4.69, 9.17) is 14.7 Å². The number of benzene rings is 1. The molecule has 3 aromatic rings. The number of carbonyl (C=O) groups is 2. The second kappa shape index (κ2) is 8.57. The van der Waals surface area contributed by atoms with Crippen LogP contribution in [-0.2, 0) is 17.8 Å². The Morgan fingerprint density at radius 1 is 1.21 bits per heavy atom. The number of para-hydroxylation sites is 1. The number of amides is 2. The Kier molecular flexibility index (Phi) is 5.45. The Morgan fingerprint density at radius 3 is 2.85 bits per heavy atom. The van der Waals surface area contributed by atoms with Gasteiger partial charge < -0.3 is 9.64 Å². The molecule has 1 atom stereocenters. The molecule has 0 spiro atoms. The van der Waals surface area contributed by atoms with Crippen molar-refractivity contribution in [2.75, 3.05) is 18.6 Å². The maximum absolute atomic E-state index is 13.1. The van der Waals surface area contributed by atoms with Crippen molar-refractivity contribution in [2.45, 2.75) is 38.8 Å². The fourth-order valence-corrected chi connectivity index (χ4v) is 4.55. The fourth-order valence-electron chi connectivity index (χ4n) is 4.55. The van der Waals surface area contributed by atoms with E-state index in [9.17, 15) is 9.59 Å². The third-order valence-corrected chi connectivity index (χ3v) is 6.21. The Bertz CT molecular complexity index is 1220. The molecule has 0 saturated carbocycles. The number of aromatic nitrogens is 4. The first-order valence-corrected chi connectivity index (χ1v) is 10.9. The number of fused-ring (bicyclic) bond motifs is 1. The highest BCUT2D eigenvalue weighted by atomic mass is 16.5. The van der Waals surface area contributed by atoms with Gasteiger partial charge in [-0.3, -0.25) is 19.5 Å². The van der Waals surface area contributed by atoms with Crippen molar-refractivity contribution in [3.8, 4) is 5.75 Å². The van der Waals surface area contributed by atoms with E-state index in [0.717, 1.165) is 35.4 Å². The summed E-state index contributed by atoms with van der Waals surface area (Å²) in [5, 5.41) is 0. The van der Waals surface area contributed by atoms with E-state index in [-0.39, 0.29) is 24.3 Å². The second-order valence-electron chi connectivity index (χ2n) is 8.19. The van der Waals surface area contributed by atoms with Gasteiger partial charge in [-0.25, -0.2) is 15.0 Å². The lowest BCUT2D eigenvalue weighted by molar-refractivity contribution is -0.117. The van der Waals surface area contributed by atoms with E-state index in [1.54, 1.807) is 23.1 Å². The van der Waals surface area contributed by atoms with Gasteiger partial charge in [-0.2, -0.15) is 0 Å². The number of rotatable bonds is 5. The van der Waals surface area contributed by atoms with E-state index < -0.39 is 0 Å². The molecule has 2 aliphatic rings. The summed E-state index contributed by atoms with van der Waals surface area (Å²) in [6.45, 7) is 2.86. The number of likely N-dealkylation sites (tertiary alicyclic amines) is 1. The highest BCUT2D eigenvalue weighted by Gasteiger charge is 2.37. The molecule has 9 heteroatoms. The summed E-state index contributed by atoms with van der Waals surface area (Å²) < 4.78 is 5.46. The molecule has 9 nitrogen and oxygen atoms in total. The van der Waals surface area contributed by atoms with Crippen LogP contribution in [0.3, 0.4) is 0 Å². The van der Waals surface area contributed by atoms with Gasteiger partial charge in [0, 0.05) is 35.8 Å². The van der Waals surface area contributed by atoms with Crippen LogP contribution in [0.4, 0.5) is 5.82 Å². The van der Waals surface area contributed by atoms with E-state index in [1.165, 1.54) is 12.4 Å². The largest absolute Gasteiger partial charge is 0.496 e. The topological polar surface area (TPSA) is 101 Å². The van der Waals surface area contributed by atoms with E-state index in [0.29, 0.717) is 30.4 Å². The molecule has 1 fully saturated rings. The summed E-state index contributed by atoms with van der Waals surface area (Å²) in [5.74, 6) is 1.69. The minimum absolute atomic E-state index is 0.0237. The smallest absolute Gasteiger partial charge is 0.274 e. The van der Waals surface area contributed by atoms with E-state index in [1.807, 2.05) is 31.2 Å². The van der Waals surface area contributed by atoms with Crippen LogP contribution in [0.25, 0.3) is 0 Å². The van der Waals surface area contributed by atoms with Gasteiger partial charge >= 0.3 is 0 Å². The van der Waals surface area contributed by atoms with Crippen LogP contribution in [0.15, 0.2) is 42.9 Å². The van der Waals surface area contributed by atoms with Crippen molar-refractivity contribution >= 4 is 17.6 Å². The van der Waals surface area contributed by atoms with Gasteiger partial charge in [0.05, 0.1) is 32.3 Å². The molecule has 1 aromatic carbocycles. The number of nitrogens with zero attached hydrogens (tertiary/aromatic N) is 6. The summed E-state index contributed by atoms with van der Waals surface area (Å²) in [7, 11) is 1.62. The van der Waals surface area contributed by atoms with Crippen molar-refractivity contribution in [1.82, 2.24) is 24.8 Å². The highest BCUT2D eigenvalue weighted by molar-refractivity contribution is 6.00. The molecular formula is C24H24N6O3. The minimum Gasteiger partial charge on any atom is -0.496 e. The van der Waals surface area contributed by atoms with Crippen molar-refractivity contribution in [1.29, 1.82) is 0 Å². The Balaban J connectivity index is 1.48. The SMILES string of the molecule is COc1ccccc1CN1C(=O)Cc2c(C)nc([C@H]3CCCN3C(=O)c3cnccn3)nc21. The zero-order chi connectivity index (χ0) is 22.9. The van der Waals surface area contributed by atoms with Crippen LogP contribution in [0, 0.1) is 6.92 Å². The molecule has 0 N–H and O–H groups in total. The number of aryl methyl sites for hydroxylation is 1. The van der Waals surface area contributed by atoms with Gasteiger partial charge in [0.1, 0.15) is 17.3 Å². The molecule has 4 heterocycles. The van der Waals surface area contributed by atoms with E-state index >= 15 is 0 Å². The lowest BCUT2D eigenvalue weighted by Crippen LogP contribution is -2.33. The first kappa shape index (κ1) is 21.0. The minimum atomic E-state index is -0.271. The lowest BCUT2D eigenvalue weighted by Gasteiger charge is -2.25. The van der Waals surface area contributed by atoms with Gasteiger partial charge in [0.25, 0.3) is 5.91 Å². The van der Waals surface area contributed by atoms with Crippen LogP contribution >= 0.6 is 0 Å². The molecule has 33 heavy (non-hydrogen) atoms. The average Bonchev–Trinajstić information content (AvgIpc) is 3.45. The quantitative estimate of drug-likeness (QED) is 0.596. The van der Waals surface area contributed by atoms with Crippen LogP contribution < -0.4 is 9.64 Å². The maximum atomic E-state index is 13.1. The summed E-state index contributed by atoms with van der Waals surface area (Å²) in [6.07, 6.45) is 6.39. The normalized spacial score (nSPS) is 17.4. The predicted octanol–water partition coefficient (Wildman–Crippen LogP) is 2.65. The second-order valence-corrected chi connectivity index (χ2v) is 8.19. The third-order valence-electron chi connectivity index (χ3n) is 6.21. The van der Waals surface area contributed by atoms with Crippen LogP contribution in [0.2, 0.25) is 0 Å². The number of ether oxygens (including phenoxy) is 1. The molecule has 0 unspecified atom stereocenters. The van der Waals surface area contributed by atoms with Crippen LogP contribution in [0.1, 0.15) is 52.0 Å². The predicted molar refractivity (Wildman–Crippen MR) is 120 cm³/mol. The molecular weight excluding hydrogens is 420 g/mol. The van der Waals surface area contributed by atoms with Gasteiger partial charge in [0.15, 0.2) is 5.82 Å². The Labute approximate surface area is 191 Å². The lowest BCUT2D eigenvalue weighted by atomic mass is 10.1. The molecule has 2 aromatic heterocycles. The molecule has 168 valence electrons. The summed E-state index contributed by atoms with van der Waals surface area (Å²) in [4.78, 5) is 47.1. The highest BCUT2D eigenvalue weighted by Crippen LogP contribution is 2.36. The first-order chi connectivity index (χ1) is 16.1. The monoisotopic (exact) mass is 444 g/mol. The zero-order valence-electron chi connectivity index (χ0n) is 18.6. The molecule has 1 saturated heterocycles. The van der Waals surface area contributed by atoms with Crippen LogP contribution in [-0.4, -0.2) is 50.3 Å². The Hall–Kier alpha value is -3.88. The molecule has 2 aliphatic heterocycles. The van der Waals surface area contributed by atoms with Gasteiger partial charge in [-0.05, 0) is 25.8 Å². The summed E-state index contributed by atoms with van der Waals surface area (Å²) in [6, 6.07) is 7.37.